The number of fused-ring (bicyclic) bond motifs is 1. The highest BCUT2D eigenvalue weighted by Gasteiger charge is 2.61. The summed E-state index contributed by atoms with van der Waals surface area (Å²) in [4.78, 5) is 29.8. The Kier molecular flexibility index (Phi) is 6.07. The summed E-state index contributed by atoms with van der Waals surface area (Å²) in [6, 6.07) is 8.06. The molecule has 2 aliphatic heterocycles. The average molecular weight is 389 g/mol. The predicted molar refractivity (Wildman–Crippen MR) is 106 cm³/mol. The van der Waals surface area contributed by atoms with E-state index < -0.39 is 11.8 Å². The smallest absolute Gasteiger partial charge is 0.254 e. The molecule has 2 heterocycles. The summed E-state index contributed by atoms with van der Waals surface area (Å²) in [6.07, 6.45) is 1.30. The zero-order valence-corrected chi connectivity index (χ0v) is 17.1. The van der Waals surface area contributed by atoms with Gasteiger partial charge >= 0.3 is 0 Å². The second kappa shape index (κ2) is 8.19. The Bertz CT molecular complexity index is 705. The molecular formula is C21H31N3O4. The van der Waals surface area contributed by atoms with Crippen LogP contribution in [0.15, 0.2) is 30.3 Å². The summed E-state index contributed by atoms with van der Waals surface area (Å²) in [6.45, 7) is 4.90. The Morgan fingerprint density at radius 1 is 1.18 bits per heavy atom. The fraction of sp³-hybridized carbons (Fsp3) is 0.619. The highest BCUT2D eigenvalue weighted by molar-refractivity contribution is 5.95. The number of amides is 2. The summed E-state index contributed by atoms with van der Waals surface area (Å²) in [5.74, 6) is -0.911. The number of nitrogens with two attached hydrogens (primary N) is 1. The quantitative estimate of drug-likeness (QED) is 0.745. The predicted octanol–water partition coefficient (Wildman–Crippen LogP) is 1.47. The number of methoxy groups -OCH3 is 2. The largest absolute Gasteiger partial charge is 0.350 e. The van der Waals surface area contributed by atoms with Crippen LogP contribution in [0.3, 0.4) is 0 Å². The number of ether oxygens (including phenoxy) is 2. The van der Waals surface area contributed by atoms with E-state index in [4.69, 9.17) is 15.2 Å². The third kappa shape index (κ3) is 3.54. The van der Waals surface area contributed by atoms with Crippen LogP contribution >= 0.6 is 0 Å². The number of hydrogen-bond donors (Lipinski definition) is 1. The Morgan fingerprint density at radius 3 is 2.39 bits per heavy atom. The molecule has 0 saturated carbocycles. The first-order valence-electron chi connectivity index (χ1n) is 9.87. The first-order valence-corrected chi connectivity index (χ1v) is 9.87. The van der Waals surface area contributed by atoms with Gasteiger partial charge in [0.25, 0.3) is 5.91 Å². The zero-order chi connectivity index (χ0) is 20.5. The molecule has 2 amide bonds. The number of benzene rings is 1. The summed E-state index contributed by atoms with van der Waals surface area (Å²) < 4.78 is 11.5. The molecule has 0 bridgehead atoms. The van der Waals surface area contributed by atoms with Gasteiger partial charge in [0.05, 0.1) is 18.6 Å². The van der Waals surface area contributed by atoms with Gasteiger partial charge < -0.3 is 25.0 Å². The molecule has 7 nitrogen and oxygen atoms in total. The van der Waals surface area contributed by atoms with Gasteiger partial charge in [-0.2, -0.15) is 0 Å². The maximum atomic E-state index is 13.2. The molecule has 2 aliphatic rings. The number of carbonyl (C=O) groups excluding carboxylic acids is 2. The average Bonchev–Trinajstić information content (AvgIpc) is 3.26. The topological polar surface area (TPSA) is 85.1 Å². The van der Waals surface area contributed by atoms with E-state index >= 15 is 0 Å². The Morgan fingerprint density at radius 2 is 1.82 bits per heavy atom. The maximum Gasteiger partial charge on any atom is 0.254 e. The van der Waals surface area contributed by atoms with Gasteiger partial charge in [-0.3, -0.25) is 9.59 Å². The van der Waals surface area contributed by atoms with E-state index in [1.807, 2.05) is 32.0 Å². The highest BCUT2D eigenvalue weighted by atomic mass is 16.7. The Balaban J connectivity index is 1.89. The van der Waals surface area contributed by atoms with Crippen molar-refractivity contribution in [3.8, 4) is 0 Å². The lowest BCUT2D eigenvalue weighted by molar-refractivity contribution is -0.222. The minimum absolute atomic E-state index is 0.0765. The molecule has 2 unspecified atom stereocenters. The molecule has 0 aliphatic carbocycles. The van der Waals surface area contributed by atoms with Gasteiger partial charge in [-0.25, -0.2) is 0 Å². The van der Waals surface area contributed by atoms with Crippen LogP contribution < -0.4 is 5.73 Å². The second-order valence-corrected chi connectivity index (χ2v) is 8.09. The zero-order valence-electron chi connectivity index (χ0n) is 17.1. The molecule has 0 spiro atoms. The molecule has 7 heteroatoms. The van der Waals surface area contributed by atoms with Crippen molar-refractivity contribution in [3.63, 3.8) is 0 Å². The molecule has 2 N–H and O–H groups in total. The highest BCUT2D eigenvalue weighted by Crippen LogP contribution is 2.41. The molecule has 2 saturated heterocycles. The maximum absolute atomic E-state index is 13.2. The molecule has 28 heavy (non-hydrogen) atoms. The molecule has 3 rings (SSSR count). The molecule has 0 radical (unpaired) electrons. The van der Waals surface area contributed by atoms with Gasteiger partial charge in [-0.1, -0.05) is 32.0 Å². The number of hydrogen-bond acceptors (Lipinski definition) is 5. The van der Waals surface area contributed by atoms with Crippen LogP contribution in [0.2, 0.25) is 0 Å². The molecule has 0 aromatic heterocycles. The fourth-order valence-electron chi connectivity index (χ4n) is 4.57. The third-order valence-electron chi connectivity index (χ3n) is 5.91. The van der Waals surface area contributed by atoms with Gasteiger partial charge in [0.1, 0.15) is 6.04 Å². The van der Waals surface area contributed by atoms with Crippen molar-refractivity contribution in [2.24, 2.45) is 11.7 Å². The lowest BCUT2D eigenvalue weighted by atomic mass is 10.0. The van der Waals surface area contributed by atoms with Crippen LogP contribution in [0.4, 0.5) is 0 Å². The molecule has 1 aromatic rings. The Hall–Kier alpha value is -1.96. The number of rotatable bonds is 6. The van der Waals surface area contributed by atoms with Crippen molar-refractivity contribution < 1.29 is 19.1 Å². The van der Waals surface area contributed by atoms with Crippen molar-refractivity contribution in [2.45, 2.75) is 50.6 Å². The SMILES string of the molecule is COC1(OC)CN(C(=O)c2ccccc2)C2CCN(C(=O)C(N)CC(C)C)[C@@H]21. The summed E-state index contributed by atoms with van der Waals surface area (Å²) in [5.41, 5.74) is 6.80. The molecule has 154 valence electrons. The van der Waals surface area contributed by atoms with E-state index in [0.29, 0.717) is 30.9 Å². The van der Waals surface area contributed by atoms with Crippen molar-refractivity contribution in [1.29, 1.82) is 0 Å². The lowest BCUT2D eigenvalue weighted by Gasteiger charge is -2.37. The number of likely N-dealkylation sites (tertiary alicyclic amines) is 2. The van der Waals surface area contributed by atoms with E-state index in [1.165, 1.54) is 0 Å². The summed E-state index contributed by atoms with van der Waals surface area (Å²) in [7, 11) is 3.12. The van der Waals surface area contributed by atoms with Crippen LogP contribution in [0.5, 0.6) is 0 Å². The van der Waals surface area contributed by atoms with Crippen molar-refractivity contribution in [2.75, 3.05) is 27.3 Å². The van der Waals surface area contributed by atoms with Gasteiger partial charge in [-0.05, 0) is 30.9 Å². The van der Waals surface area contributed by atoms with Crippen LogP contribution in [0, 0.1) is 5.92 Å². The van der Waals surface area contributed by atoms with E-state index in [2.05, 4.69) is 0 Å². The van der Waals surface area contributed by atoms with Crippen LogP contribution in [0.1, 0.15) is 37.0 Å². The van der Waals surface area contributed by atoms with Gasteiger partial charge in [0, 0.05) is 26.3 Å². The van der Waals surface area contributed by atoms with Crippen LogP contribution in [-0.4, -0.2) is 72.8 Å². The van der Waals surface area contributed by atoms with Gasteiger partial charge in [0.2, 0.25) is 11.7 Å². The van der Waals surface area contributed by atoms with E-state index in [0.717, 1.165) is 0 Å². The molecule has 1 aromatic carbocycles. The summed E-state index contributed by atoms with van der Waals surface area (Å²) in [5, 5.41) is 0. The second-order valence-electron chi connectivity index (χ2n) is 8.09. The monoisotopic (exact) mass is 389 g/mol. The van der Waals surface area contributed by atoms with Gasteiger partial charge in [-0.15, -0.1) is 0 Å². The lowest BCUT2D eigenvalue weighted by Crippen LogP contribution is -2.57. The number of carbonyl (C=O) groups is 2. The van der Waals surface area contributed by atoms with Crippen molar-refractivity contribution >= 4 is 11.8 Å². The minimum Gasteiger partial charge on any atom is -0.350 e. The van der Waals surface area contributed by atoms with Crippen LogP contribution in [-0.2, 0) is 14.3 Å². The van der Waals surface area contributed by atoms with Gasteiger partial charge in [0.15, 0.2) is 0 Å². The summed E-state index contributed by atoms with van der Waals surface area (Å²) >= 11 is 0. The molecular weight excluding hydrogens is 358 g/mol. The van der Waals surface area contributed by atoms with E-state index in [9.17, 15) is 9.59 Å². The van der Waals surface area contributed by atoms with Crippen molar-refractivity contribution in [1.82, 2.24) is 9.80 Å². The third-order valence-corrected chi connectivity index (χ3v) is 5.91. The molecule has 2 fully saturated rings. The van der Waals surface area contributed by atoms with Crippen LogP contribution in [0.25, 0.3) is 0 Å². The normalized spacial score (nSPS) is 24.5. The first kappa shape index (κ1) is 20.8. The number of nitrogens with zero attached hydrogens (tertiary/aromatic N) is 2. The minimum atomic E-state index is -1.06. The fourth-order valence-corrected chi connectivity index (χ4v) is 4.57. The van der Waals surface area contributed by atoms with E-state index in [-0.39, 0.29) is 30.4 Å². The van der Waals surface area contributed by atoms with Crippen molar-refractivity contribution in [3.05, 3.63) is 35.9 Å². The van der Waals surface area contributed by atoms with E-state index in [1.54, 1.807) is 36.2 Å². The Labute approximate surface area is 166 Å². The molecule has 3 atom stereocenters. The first-order chi connectivity index (χ1) is 13.3. The standard InChI is InChI=1S/C21H31N3O4/c1-14(2)12-16(22)20(26)23-11-10-17-18(23)21(27-3,28-4)13-24(17)19(25)15-8-6-5-7-9-15/h5-9,14,16-18H,10-13,22H2,1-4H3/t16?,17?,18-/m0/s1.